The Balaban J connectivity index is 1.52. The average Bonchev–Trinajstić information content (AvgIpc) is 2.79. The molecule has 4 rings (SSSR count). The largest absolute Gasteiger partial charge is 0.577 e. The lowest BCUT2D eigenvalue weighted by molar-refractivity contribution is 0.234. The molecule has 0 atom stereocenters. The van der Waals surface area contributed by atoms with Crippen molar-refractivity contribution in [3.63, 3.8) is 0 Å². The Hall–Kier alpha value is -3.92. The highest BCUT2D eigenvalue weighted by Gasteiger charge is 2.43. The van der Waals surface area contributed by atoms with Crippen molar-refractivity contribution in [3.8, 4) is 11.1 Å². The fraction of sp³-hybridized carbons (Fsp3) is 0.333. The van der Waals surface area contributed by atoms with Crippen molar-refractivity contribution >= 4 is 23.5 Å². The normalized spacial score (nSPS) is 15.4. The minimum Gasteiger partial charge on any atom is -0.577 e. The van der Waals surface area contributed by atoms with Crippen molar-refractivity contribution in [1.82, 2.24) is 19.9 Å². The summed E-state index contributed by atoms with van der Waals surface area (Å²) < 4.78 is 0. The molecule has 7 N–H and O–H groups in total. The minimum atomic E-state index is -0.538. The molecule has 10 nitrogen and oxygen atoms in total. The smallest absolute Gasteiger partial charge is 0.386 e. The number of nitrogens with zero attached hydrogens (tertiary/aromatic N) is 5. The Kier molecular flexibility index (Phi) is 6.25. The van der Waals surface area contributed by atoms with Gasteiger partial charge in [0, 0.05) is 18.0 Å². The number of nitrogens with one attached hydrogen (secondary N) is 2. The maximum Gasteiger partial charge on any atom is 0.386 e. The average molecular weight is 462 g/mol. The molecule has 1 saturated carbocycles. The van der Waals surface area contributed by atoms with E-state index in [9.17, 15) is 5.11 Å². The first kappa shape index (κ1) is 23.2. The summed E-state index contributed by atoms with van der Waals surface area (Å²) in [5, 5.41) is 29.5. The molecule has 0 amide bonds. The molecule has 176 valence electrons. The lowest BCUT2D eigenvalue weighted by atomic mass is 9.63. The number of hydrogen-bond acceptors (Lipinski definition) is 8. The van der Waals surface area contributed by atoms with Gasteiger partial charge in [0.25, 0.3) is 0 Å². The number of amidine groups is 1. The Morgan fingerprint density at radius 1 is 1.09 bits per heavy atom. The van der Waals surface area contributed by atoms with E-state index in [2.05, 4.69) is 30.2 Å². The molecule has 0 aliphatic heterocycles. The number of aliphatic hydroxyl groups excluding tert-OH is 1. The van der Waals surface area contributed by atoms with E-state index in [-0.39, 0.29) is 30.0 Å². The molecule has 0 saturated heterocycles. The molecule has 1 fully saturated rings. The summed E-state index contributed by atoms with van der Waals surface area (Å²) in [4.78, 5) is 20.9. The van der Waals surface area contributed by atoms with E-state index in [1.165, 1.54) is 12.4 Å². The van der Waals surface area contributed by atoms with E-state index >= 15 is 0 Å². The standard InChI is InChI=1S/C24H28N8O2/c1-23(2,14-33)32-19-13-27-18(12-28-19)20(34)31-21(25)24(8-3-9-24)17-6-4-15(5-7-17)16-10-29-22(26)30-11-16/h4-7,10-13,33H,3,8-9,14H2,1-2H3,(H,28,32)(H2,25,31,34)(H2,26,29,30)/p+1. The number of nitrogens with two attached hydrogens (primary N) is 1. The van der Waals surface area contributed by atoms with Gasteiger partial charge in [0.15, 0.2) is 5.69 Å². The summed E-state index contributed by atoms with van der Waals surface area (Å²) >= 11 is 0. The maximum absolute atomic E-state index is 9.39. The van der Waals surface area contributed by atoms with Gasteiger partial charge in [-0.25, -0.2) is 19.9 Å². The van der Waals surface area contributed by atoms with E-state index < -0.39 is 11.0 Å². The van der Waals surface area contributed by atoms with Crippen molar-refractivity contribution in [2.45, 2.75) is 44.1 Å². The number of anilines is 2. The molecule has 10 heteroatoms. The predicted octanol–water partition coefficient (Wildman–Crippen LogP) is 2.27. The van der Waals surface area contributed by atoms with Gasteiger partial charge >= 0.3 is 5.90 Å². The van der Waals surface area contributed by atoms with Gasteiger partial charge in [-0.2, -0.15) is 0 Å². The van der Waals surface area contributed by atoms with E-state index in [0.29, 0.717) is 5.82 Å². The molecule has 2 heterocycles. The predicted molar refractivity (Wildman–Crippen MR) is 132 cm³/mol. The third-order valence-electron chi connectivity index (χ3n) is 6.08. The molecule has 0 radical (unpaired) electrons. The Bertz CT molecular complexity index is 1190. The second kappa shape index (κ2) is 9.14. The Morgan fingerprint density at radius 3 is 2.29 bits per heavy atom. The van der Waals surface area contributed by atoms with Crippen LogP contribution in [0.4, 0.5) is 11.8 Å². The molecular formula is C24H29N8O2+. The zero-order chi connectivity index (χ0) is 24.3. The number of aliphatic imine (C=N–C) groups is 1. The second-order valence-electron chi connectivity index (χ2n) is 9.11. The van der Waals surface area contributed by atoms with Crippen LogP contribution in [0.2, 0.25) is 0 Å². The van der Waals surface area contributed by atoms with Gasteiger partial charge < -0.3 is 21.3 Å². The highest BCUT2D eigenvalue weighted by atomic mass is 16.3. The zero-order valence-electron chi connectivity index (χ0n) is 19.2. The van der Waals surface area contributed by atoms with E-state index in [4.69, 9.17) is 16.2 Å². The van der Waals surface area contributed by atoms with Crippen molar-refractivity contribution in [3.05, 3.63) is 60.3 Å². The van der Waals surface area contributed by atoms with Crippen LogP contribution in [0.3, 0.4) is 0 Å². The molecule has 0 bridgehead atoms. The summed E-state index contributed by atoms with van der Waals surface area (Å²) in [5.74, 6) is 0.772. The third kappa shape index (κ3) is 4.72. The van der Waals surface area contributed by atoms with Gasteiger partial charge in [0.05, 0.1) is 30.0 Å². The summed E-state index contributed by atoms with van der Waals surface area (Å²) in [6, 6.07) is 7.96. The SMILES string of the molecule is CC(C)(CO)Nc1cnc(C([OH2+])=NC(=N)C2(c3ccc(-c4cnc(N)nc4)cc3)CCC2)cn1. The van der Waals surface area contributed by atoms with Gasteiger partial charge in [0.1, 0.15) is 11.7 Å². The number of nitrogen functional groups attached to an aromatic ring is 1. The lowest BCUT2D eigenvalue weighted by Crippen LogP contribution is -2.41. The summed E-state index contributed by atoms with van der Waals surface area (Å²) in [5.41, 5.74) is 7.63. The number of benzene rings is 1. The minimum absolute atomic E-state index is 0.0600. The van der Waals surface area contributed by atoms with Crippen molar-refractivity contribution in [2.75, 3.05) is 17.7 Å². The molecule has 1 aromatic carbocycles. The molecule has 34 heavy (non-hydrogen) atoms. The third-order valence-corrected chi connectivity index (χ3v) is 6.08. The summed E-state index contributed by atoms with van der Waals surface area (Å²) in [6.45, 7) is 3.63. The van der Waals surface area contributed by atoms with E-state index in [0.717, 1.165) is 36.0 Å². The fourth-order valence-electron chi connectivity index (χ4n) is 3.84. The molecule has 1 aliphatic carbocycles. The first-order valence-corrected chi connectivity index (χ1v) is 11.0. The molecule has 0 spiro atoms. The van der Waals surface area contributed by atoms with Crippen LogP contribution in [0.5, 0.6) is 0 Å². The summed E-state index contributed by atoms with van der Waals surface area (Å²) in [7, 11) is 0. The quantitative estimate of drug-likeness (QED) is 0.237. The lowest BCUT2D eigenvalue weighted by Gasteiger charge is -2.41. The molecule has 2 aromatic heterocycles. The highest BCUT2D eigenvalue weighted by molar-refractivity contribution is 6.04. The van der Waals surface area contributed by atoms with Gasteiger partial charge in [-0.05, 0) is 37.8 Å². The van der Waals surface area contributed by atoms with Crippen molar-refractivity contribution in [2.24, 2.45) is 4.99 Å². The molecular weight excluding hydrogens is 432 g/mol. The number of aliphatic hydroxyl groups is 1. The topological polar surface area (TPSA) is 169 Å². The van der Waals surface area contributed by atoms with Crippen LogP contribution in [0.25, 0.3) is 11.1 Å². The van der Waals surface area contributed by atoms with Crippen LogP contribution in [0.15, 0.2) is 54.0 Å². The number of hydrogen-bond donors (Lipinski definition) is 4. The van der Waals surface area contributed by atoms with E-state index in [1.54, 1.807) is 12.4 Å². The molecule has 3 aromatic rings. The van der Waals surface area contributed by atoms with Crippen molar-refractivity contribution < 1.29 is 10.2 Å². The Labute approximate surface area is 197 Å². The molecule has 1 aliphatic rings. The Morgan fingerprint density at radius 2 is 1.76 bits per heavy atom. The van der Waals surface area contributed by atoms with Gasteiger partial charge in [0.2, 0.25) is 5.95 Å². The number of aromatic nitrogens is 4. The van der Waals surface area contributed by atoms with Gasteiger partial charge in [-0.15, -0.1) is 4.99 Å². The first-order valence-electron chi connectivity index (χ1n) is 11.0. The number of rotatable bonds is 7. The summed E-state index contributed by atoms with van der Waals surface area (Å²) in [6.07, 6.45) is 8.92. The first-order chi connectivity index (χ1) is 16.2. The van der Waals surface area contributed by atoms with Crippen LogP contribution in [0.1, 0.15) is 44.4 Å². The van der Waals surface area contributed by atoms with Crippen LogP contribution >= 0.6 is 0 Å². The van der Waals surface area contributed by atoms with E-state index in [1.807, 2.05) is 38.1 Å². The highest BCUT2D eigenvalue weighted by Crippen LogP contribution is 2.45. The van der Waals surface area contributed by atoms with Crippen LogP contribution < -0.4 is 11.1 Å². The fourth-order valence-corrected chi connectivity index (χ4v) is 3.84. The van der Waals surface area contributed by atoms with Gasteiger partial charge in [-0.1, -0.05) is 30.7 Å². The van der Waals surface area contributed by atoms with Crippen LogP contribution in [-0.4, -0.2) is 54.0 Å². The van der Waals surface area contributed by atoms with Crippen molar-refractivity contribution in [1.29, 1.82) is 5.41 Å². The maximum atomic E-state index is 9.39. The molecule has 0 unspecified atom stereocenters. The van der Waals surface area contributed by atoms with Gasteiger partial charge in [-0.3, -0.25) is 5.41 Å². The second-order valence-corrected chi connectivity index (χ2v) is 9.11. The van der Waals surface area contributed by atoms with Crippen LogP contribution in [-0.2, 0) is 5.41 Å². The van der Waals surface area contributed by atoms with Crippen LogP contribution in [0, 0.1) is 5.41 Å². The zero-order valence-corrected chi connectivity index (χ0v) is 19.2. The monoisotopic (exact) mass is 461 g/mol.